The van der Waals surface area contributed by atoms with Gasteiger partial charge in [0.2, 0.25) is 5.91 Å². The summed E-state index contributed by atoms with van der Waals surface area (Å²) in [5.41, 5.74) is 0. The van der Waals surface area contributed by atoms with Gasteiger partial charge in [0.25, 0.3) is 0 Å². The molecule has 1 saturated carbocycles. The molecular formula is C14H26N2O. The average molecular weight is 238 g/mol. The van der Waals surface area contributed by atoms with E-state index in [2.05, 4.69) is 19.2 Å². The van der Waals surface area contributed by atoms with Crippen LogP contribution >= 0.6 is 0 Å². The summed E-state index contributed by atoms with van der Waals surface area (Å²) in [6, 6.07) is 1.13. The molecule has 17 heavy (non-hydrogen) atoms. The number of amides is 1. The highest BCUT2D eigenvalue weighted by Crippen LogP contribution is 2.28. The van der Waals surface area contributed by atoms with E-state index in [1.807, 2.05) is 4.90 Å². The fourth-order valence-corrected chi connectivity index (χ4v) is 3.28. The second-order valence-electron chi connectivity index (χ2n) is 5.80. The summed E-state index contributed by atoms with van der Waals surface area (Å²) in [7, 11) is 0. The summed E-state index contributed by atoms with van der Waals surface area (Å²) in [6.45, 7) is 6.36. The number of hydrogen-bond donors (Lipinski definition) is 1. The molecule has 0 spiro atoms. The molecule has 3 heteroatoms. The lowest BCUT2D eigenvalue weighted by Gasteiger charge is -2.24. The van der Waals surface area contributed by atoms with Crippen molar-refractivity contribution >= 4 is 5.91 Å². The van der Waals surface area contributed by atoms with Gasteiger partial charge in [-0.3, -0.25) is 4.79 Å². The van der Waals surface area contributed by atoms with E-state index < -0.39 is 0 Å². The van der Waals surface area contributed by atoms with Gasteiger partial charge < -0.3 is 10.2 Å². The molecule has 1 amide bonds. The smallest absolute Gasteiger partial charge is 0.222 e. The van der Waals surface area contributed by atoms with Crippen LogP contribution in [-0.4, -0.2) is 36.0 Å². The third-order valence-corrected chi connectivity index (χ3v) is 4.30. The van der Waals surface area contributed by atoms with E-state index >= 15 is 0 Å². The topological polar surface area (TPSA) is 32.3 Å². The lowest BCUT2D eigenvalue weighted by Crippen LogP contribution is -2.43. The molecular weight excluding hydrogens is 212 g/mol. The Balaban J connectivity index is 1.70. The zero-order chi connectivity index (χ0) is 12.3. The van der Waals surface area contributed by atoms with E-state index in [0.29, 0.717) is 18.0 Å². The second-order valence-corrected chi connectivity index (χ2v) is 5.80. The third-order valence-electron chi connectivity index (χ3n) is 4.30. The van der Waals surface area contributed by atoms with Crippen LogP contribution in [0.2, 0.25) is 0 Å². The molecule has 2 rings (SSSR count). The van der Waals surface area contributed by atoms with Gasteiger partial charge in [-0.2, -0.15) is 0 Å². The van der Waals surface area contributed by atoms with E-state index in [9.17, 15) is 4.79 Å². The molecule has 0 aromatic heterocycles. The van der Waals surface area contributed by atoms with Crippen molar-refractivity contribution in [3.8, 4) is 0 Å². The van der Waals surface area contributed by atoms with Crippen molar-refractivity contribution in [1.29, 1.82) is 0 Å². The molecule has 1 heterocycles. The van der Waals surface area contributed by atoms with Crippen molar-refractivity contribution in [3.63, 3.8) is 0 Å². The van der Waals surface area contributed by atoms with Crippen LogP contribution in [-0.2, 0) is 4.79 Å². The number of carbonyl (C=O) groups is 1. The van der Waals surface area contributed by atoms with Gasteiger partial charge in [0.15, 0.2) is 0 Å². The molecule has 3 atom stereocenters. The van der Waals surface area contributed by atoms with Crippen molar-refractivity contribution in [2.75, 3.05) is 13.1 Å². The Hall–Kier alpha value is -0.570. The Kier molecular flexibility index (Phi) is 4.43. The monoisotopic (exact) mass is 238 g/mol. The first-order valence-corrected chi connectivity index (χ1v) is 7.23. The van der Waals surface area contributed by atoms with Gasteiger partial charge in [-0.15, -0.1) is 0 Å². The summed E-state index contributed by atoms with van der Waals surface area (Å²) in [5.74, 6) is 1.27. The van der Waals surface area contributed by atoms with Crippen molar-refractivity contribution in [3.05, 3.63) is 0 Å². The predicted molar refractivity (Wildman–Crippen MR) is 69.8 cm³/mol. The van der Waals surface area contributed by atoms with Crippen LogP contribution in [0.5, 0.6) is 0 Å². The molecule has 3 nitrogen and oxygen atoms in total. The molecule has 3 unspecified atom stereocenters. The van der Waals surface area contributed by atoms with Gasteiger partial charge in [-0.05, 0) is 38.5 Å². The molecule has 1 N–H and O–H groups in total. The molecule has 1 saturated heterocycles. The van der Waals surface area contributed by atoms with Gasteiger partial charge in [-0.1, -0.05) is 13.3 Å². The third kappa shape index (κ3) is 3.44. The maximum absolute atomic E-state index is 11.5. The zero-order valence-corrected chi connectivity index (χ0v) is 11.2. The SMILES string of the molecule is CCC1CCC(NC(C)CN2CCCC2=O)C1. The molecule has 2 fully saturated rings. The molecule has 2 aliphatic rings. The van der Waals surface area contributed by atoms with E-state index in [4.69, 9.17) is 0 Å². The van der Waals surface area contributed by atoms with Gasteiger partial charge >= 0.3 is 0 Å². The molecule has 0 radical (unpaired) electrons. The second kappa shape index (κ2) is 5.85. The van der Waals surface area contributed by atoms with Crippen molar-refractivity contribution < 1.29 is 4.79 Å². The molecule has 0 aromatic carbocycles. The predicted octanol–water partition coefficient (Wildman–Crippen LogP) is 2.17. The quantitative estimate of drug-likeness (QED) is 0.796. The van der Waals surface area contributed by atoms with Crippen LogP contribution in [0.1, 0.15) is 52.4 Å². The molecule has 0 aromatic rings. The number of hydrogen-bond acceptors (Lipinski definition) is 2. The van der Waals surface area contributed by atoms with Gasteiger partial charge in [0.05, 0.1) is 0 Å². The fourth-order valence-electron chi connectivity index (χ4n) is 3.28. The normalized spacial score (nSPS) is 31.2. The van der Waals surface area contributed by atoms with E-state index in [1.165, 1.54) is 25.7 Å². The van der Waals surface area contributed by atoms with Crippen LogP contribution in [0, 0.1) is 5.92 Å². The number of nitrogens with zero attached hydrogens (tertiary/aromatic N) is 1. The molecule has 1 aliphatic carbocycles. The van der Waals surface area contributed by atoms with E-state index in [1.54, 1.807) is 0 Å². The minimum Gasteiger partial charge on any atom is -0.341 e. The maximum atomic E-state index is 11.5. The van der Waals surface area contributed by atoms with E-state index in [0.717, 1.165) is 31.8 Å². The highest BCUT2D eigenvalue weighted by Gasteiger charge is 2.26. The Morgan fingerprint density at radius 3 is 2.88 bits per heavy atom. The summed E-state index contributed by atoms with van der Waals surface area (Å²) >= 11 is 0. The Labute approximate surface area is 105 Å². The summed E-state index contributed by atoms with van der Waals surface area (Å²) in [6.07, 6.45) is 7.15. The Morgan fingerprint density at radius 1 is 1.47 bits per heavy atom. The summed E-state index contributed by atoms with van der Waals surface area (Å²) in [5, 5.41) is 3.70. The number of rotatable bonds is 5. The minimum atomic E-state index is 0.344. The minimum absolute atomic E-state index is 0.344. The molecule has 1 aliphatic heterocycles. The van der Waals surface area contributed by atoms with Gasteiger partial charge in [0, 0.05) is 31.6 Å². The Morgan fingerprint density at radius 2 is 2.29 bits per heavy atom. The van der Waals surface area contributed by atoms with Crippen LogP contribution in [0.15, 0.2) is 0 Å². The van der Waals surface area contributed by atoms with Crippen LogP contribution in [0.25, 0.3) is 0 Å². The number of carbonyl (C=O) groups excluding carboxylic acids is 1. The first-order valence-electron chi connectivity index (χ1n) is 7.23. The summed E-state index contributed by atoms with van der Waals surface area (Å²) < 4.78 is 0. The van der Waals surface area contributed by atoms with Crippen molar-refractivity contribution in [1.82, 2.24) is 10.2 Å². The lowest BCUT2D eigenvalue weighted by molar-refractivity contribution is -0.127. The summed E-state index contributed by atoms with van der Waals surface area (Å²) in [4.78, 5) is 13.6. The lowest BCUT2D eigenvalue weighted by atomic mass is 10.1. The number of nitrogens with one attached hydrogen (secondary N) is 1. The van der Waals surface area contributed by atoms with Crippen molar-refractivity contribution in [2.45, 2.75) is 64.5 Å². The number of likely N-dealkylation sites (tertiary alicyclic amines) is 1. The van der Waals surface area contributed by atoms with Crippen LogP contribution in [0.4, 0.5) is 0 Å². The van der Waals surface area contributed by atoms with Gasteiger partial charge in [-0.25, -0.2) is 0 Å². The highest BCUT2D eigenvalue weighted by atomic mass is 16.2. The first kappa shape index (κ1) is 12.9. The maximum Gasteiger partial charge on any atom is 0.222 e. The average Bonchev–Trinajstić information content (AvgIpc) is 2.89. The fraction of sp³-hybridized carbons (Fsp3) is 0.929. The van der Waals surface area contributed by atoms with Crippen LogP contribution in [0.3, 0.4) is 0 Å². The van der Waals surface area contributed by atoms with Gasteiger partial charge in [0.1, 0.15) is 0 Å². The van der Waals surface area contributed by atoms with Crippen LogP contribution < -0.4 is 5.32 Å². The first-order chi connectivity index (χ1) is 8.19. The Bertz CT molecular complexity index is 267. The van der Waals surface area contributed by atoms with E-state index in [-0.39, 0.29) is 0 Å². The largest absolute Gasteiger partial charge is 0.341 e. The molecule has 98 valence electrons. The van der Waals surface area contributed by atoms with Crippen molar-refractivity contribution in [2.24, 2.45) is 5.92 Å². The standard InChI is InChI=1S/C14H26N2O/c1-3-12-6-7-13(9-12)15-11(2)10-16-8-4-5-14(16)17/h11-13,15H,3-10H2,1-2H3. The molecule has 0 bridgehead atoms. The highest BCUT2D eigenvalue weighted by molar-refractivity contribution is 5.78. The zero-order valence-electron chi connectivity index (χ0n) is 11.2.